The van der Waals surface area contributed by atoms with Crippen molar-refractivity contribution in [3.8, 4) is 0 Å². The largest absolute Gasteiger partial charge is 0.392 e. The fourth-order valence-corrected chi connectivity index (χ4v) is 3.14. The van der Waals surface area contributed by atoms with Crippen LogP contribution in [0.2, 0.25) is 0 Å². The first-order valence-electron chi connectivity index (χ1n) is 10.0. The molecule has 3 aromatic carbocycles. The Hall–Kier alpha value is -2.91. The summed E-state index contributed by atoms with van der Waals surface area (Å²) in [5, 5.41) is 15.2. The highest BCUT2D eigenvalue weighted by molar-refractivity contribution is 6.08. The molecule has 1 heterocycles. The molecule has 0 atom stereocenters. The van der Waals surface area contributed by atoms with Crippen LogP contribution >= 0.6 is 0 Å². The van der Waals surface area contributed by atoms with E-state index < -0.39 is 0 Å². The van der Waals surface area contributed by atoms with E-state index in [2.05, 4.69) is 23.5 Å². The molecule has 0 saturated carbocycles. The van der Waals surface area contributed by atoms with Crippen molar-refractivity contribution in [2.75, 3.05) is 5.32 Å². The van der Waals surface area contributed by atoms with Gasteiger partial charge in [-0.2, -0.15) is 0 Å². The summed E-state index contributed by atoms with van der Waals surface area (Å²) >= 11 is 0. The van der Waals surface area contributed by atoms with E-state index in [9.17, 15) is 5.11 Å². The number of pyridine rings is 1. The molecule has 0 spiro atoms. The number of hydrogen-bond acceptors (Lipinski definition) is 3. The van der Waals surface area contributed by atoms with Gasteiger partial charge >= 0.3 is 0 Å². The summed E-state index contributed by atoms with van der Waals surface area (Å²) in [5.74, 6) is 0. The summed E-state index contributed by atoms with van der Waals surface area (Å²) in [7, 11) is 0. The number of nitrogens with one attached hydrogen (secondary N) is 1. The average molecular weight is 375 g/mol. The van der Waals surface area contributed by atoms with Gasteiger partial charge in [0.25, 0.3) is 0 Å². The van der Waals surface area contributed by atoms with Gasteiger partial charge in [-0.25, -0.2) is 4.98 Å². The standard InChI is InChI=1S/C21H18N2O.2C2H6/c1-14-10-15(13-24)12-16(11-14)22-21-17-6-2-4-8-19(17)23-20-9-5-3-7-18(20)21;2*1-2/h2-12,24H,13H2,1H3,(H,22,23);2*1-2H3. The number of hydrogen-bond donors (Lipinski definition) is 2. The molecule has 146 valence electrons. The normalized spacial score (nSPS) is 9.93. The van der Waals surface area contributed by atoms with Crippen LogP contribution < -0.4 is 5.32 Å². The Morgan fingerprint density at radius 2 is 1.32 bits per heavy atom. The Morgan fingerprint density at radius 3 is 1.86 bits per heavy atom. The molecule has 0 aliphatic heterocycles. The molecular weight excluding hydrogens is 344 g/mol. The first-order valence-corrected chi connectivity index (χ1v) is 10.0. The number of aromatic nitrogens is 1. The lowest BCUT2D eigenvalue weighted by molar-refractivity contribution is 0.282. The van der Waals surface area contributed by atoms with E-state index in [0.29, 0.717) is 0 Å². The summed E-state index contributed by atoms with van der Waals surface area (Å²) in [6.07, 6.45) is 0. The molecule has 0 saturated heterocycles. The summed E-state index contributed by atoms with van der Waals surface area (Å²) in [5.41, 5.74) is 5.97. The molecule has 0 aliphatic carbocycles. The molecule has 0 radical (unpaired) electrons. The monoisotopic (exact) mass is 374 g/mol. The van der Waals surface area contributed by atoms with Crippen LogP contribution in [0.25, 0.3) is 21.8 Å². The van der Waals surface area contributed by atoms with E-state index >= 15 is 0 Å². The van der Waals surface area contributed by atoms with Gasteiger partial charge in [-0.1, -0.05) is 70.2 Å². The zero-order valence-electron chi connectivity index (χ0n) is 17.5. The summed E-state index contributed by atoms with van der Waals surface area (Å²) in [4.78, 5) is 4.75. The van der Waals surface area contributed by atoms with Crippen molar-refractivity contribution >= 4 is 33.2 Å². The molecule has 4 aromatic rings. The smallest absolute Gasteiger partial charge is 0.0730 e. The highest BCUT2D eigenvalue weighted by Gasteiger charge is 2.09. The average Bonchev–Trinajstić information content (AvgIpc) is 2.76. The molecule has 4 rings (SSSR count). The third-order valence-electron chi connectivity index (χ3n) is 4.18. The van der Waals surface area contributed by atoms with Gasteiger partial charge in [-0.05, 0) is 42.3 Å². The van der Waals surface area contributed by atoms with Crippen molar-refractivity contribution in [1.82, 2.24) is 4.98 Å². The quantitative estimate of drug-likeness (QED) is 0.380. The van der Waals surface area contributed by atoms with E-state index in [1.165, 1.54) is 0 Å². The number of fused-ring (bicyclic) bond motifs is 2. The number of aryl methyl sites for hydroxylation is 1. The second-order valence-electron chi connectivity index (χ2n) is 6.01. The van der Waals surface area contributed by atoms with E-state index in [1.54, 1.807) is 0 Å². The molecule has 2 N–H and O–H groups in total. The zero-order chi connectivity index (χ0) is 20.5. The first kappa shape index (κ1) is 21.4. The van der Waals surface area contributed by atoms with Crippen LogP contribution in [-0.2, 0) is 6.61 Å². The fraction of sp³-hybridized carbons (Fsp3) is 0.240. The van der Waals surface area contributed by atoms with Gasteiger partial charge in [0.05, 0.1) is 23.3 Å². The van der Waals surface area contributed by atoms with Gasteiger partial charge in [-0.3, -0.25) is 0 Å². The first-order chi connectivity index (χ1) is 13.7. The molecule has 3 nitrogen and oxygen atoms in total. The highest BCUT2D eigenvalue weighted by Crippen LogP contribution is 2.33. The number of anilines is 2. The fourth-order valence-electron chi connectivity index (χ4n) is 3.14. The SMILES string of the molecule is CC.CC.Cc1cc(CO)cc(Nc2c3ccccc3nc3ccccc23)c1. The van der Waals surface area contributed by atoms with Crippen LogP contribution in [0.1, 0.15) is 38.8 Å². The van der Waals surface area contributed by atoms with E-state index in [4.69, 9.17) is 4.98 Å². The molecule has 0 bridgehead atoms. The molecule has 3 heteroatoms. The van der Waals surface area contributed by atoms with Crippen LogP contribution in [0, 0.1) is 6.92 Å². The Morgan fingerprint density at radius 1 is 0.786 bits per heavy atom. The maximum atomic E-state index is 9.46. The van der Waals surface area contributed by atoms with Crippen molar-refractivity contribution in [2.24, 2.45) is 0 Å². The molecule has 0 fully saturated rings. The molecule has 0 aliphatic rings. The Balaban J connectivity index is 0.000000660. The molecule has 0 unspecified atom stereocenters. The van der Waals surface area contributed by atoms with Crippen molar-refractivity contribution in [1.29, 1.82) is 0 Å². The maximum absolute atomic E-state index is 9.46. The van der Waals surface area contributed by atoms with Gasteiger partial charge in [-0.15, -0.1) is 0 Å². The van der Waals surface area contributed by atoms with E-state index in [-0.39, 0.29) is 6.61 Å². The number of aliphatic hydroxyl groups excluding tert-OH is 1. The highest BCUT2D eigenvalue weighted by atomic mass is 16.3. The third-order valence-corrected chi connectivity index (χ3v) is 4.18. The predicted molar refractivity (Wildman–Crippen MR) is 122 cm³/mol. The molecule has 28 heavy (non-hydrogen) atoms. The van der Waals surface area contributed by atoms with E-state index in [1.807, 2.05) is 83.1 Å². The number of para-hydroxylation sites is 2. The van der Waals surface area contributed by atoms with Crippen LogP contribution in [0.4, 0.5) is 11.4 Å². The number of benzene rings is 3. The minimum atomic E-state index is 0.0359. The van der Waals surface area contributed by atoms with Gasteiger partial charge < -0.3 is 10.4 Å². The van der Waals surface area contributed by atoms with Gasteiger partial charge in [0.2, 0.25) is 0 Å². The zero-order valence-corrected chi connectivity index (χ0v) is 17.5. The molecule has 0 amide bonds. The number of aliphatic hydroxyl groups is 1. The minimum Gasteiger partial charge on any atom is -0.392 e. The topological polar surface area (TPSA) is 45.1 Å². The Kier molecular flexibility index (Phi) is 7.97. The van der Waals surface area contributed by atoms with Crippen LogP contribution in [0.15, 0.2) is 66.7 Å². The van der Waals surface area contributed by atoms with Crippen molar-refractivity contribution in [3.63, 3.8) is 0 Å². The lowest BCUT2D eigenvalue weighted by atomic mass is 10.1. The summed E-state index contributed by atoms with van der Waals surface area (Å²) in [6, 6.07) is 22.4. The minimum absolute atomic E-state index is 0.0359. The van der Waals surface area contributed by atoms with Gasteiger partial charge in [0.1, 0.15) is 0 Å². The third kappa shape index (κ3) is 4.68. The van der Waals surface area contributed by atoms with Crippen molar-refractivity contribution < 1.29 is 5.11 Å². The van der Waals surface area contributed by atoms with Crippen LogP contribution in [-0.4, -0.2) is 10.1 Å². The second-order valence-corrected chi connectivity index (χ2v) is 6.01. The molecular formula is C25H30N2O. The Labute approximate surface area is 168 Å². The summed E-state index contributed by atoms with van der Waals surface area (Å²) in [6.45, 7) is 10.1. The van der Waals surface area contributed by atoms with Crippen LogP contribution in [0.3, 0.4) is 0 Å². The Bertz CT molecular complexity index is 987. The van der Waals surface area contributed by atoms with Gasteiger partial charge in [0.15, 0.2) is 0 Å². The second kappa shape index (κ2) is 10.4. The lowest BCUT2D eigenvalue weighted by Crippen LogP contribution is -1.97. The molecule has 1 aromatic heterocycles. The lowest BCUT2D eigenvalue weighted by Gasteiger charge is -2.14. The predicted octanol–water partition coefficient (Wildman–Crippen LogP) is 6.98. The van der Waals surface area contributed by atoms with Crippen molar-refractivity contribution in [3.05, 3.63) is 77.9 Å². The summed E-state index contributed by atoms with van der Waals surface area (Å²) < 4.78 is 0. The maximum Gasteiger partial charge on any atom is 0.0730 e. The van der Waals surface area contributed by atoms with Crippen molar-refractivity contribution in [2.45, 2.75) is 41.2 Å². The van der Waals surface area contributed by atoms with E-state index in [0.717, 1.165) is 44.3 Å². The van der Waals surface area contributed by atoms with Crippen LogP contribution in [0.5, 0.6) is 0 Å². The number of nitrogens with zero attached hydrogens (tertiary/aromatic N) is 1. The van der Waals surface area contributed by atoms with Gasteiger partial charge in [0, 0.05) is 16.5 Å². The number of rotatable bonds is 3.